The van der Waals surface area contributed by atoms with E-state index in [0.29, 0.717) is 12.5 Å². The molecule has 0 aliphatic carbocycles. The molecule has 1 fully saturated rings. The van der Waals surface area contributed by atoms with E-state index in [2.05, 4.69) is 35.8 Å². The van der Waals surface area contributed by atoms with Crippen molar-refractivity contribution in [2.75, 3.05) is 37.0 Å². The third-order valence-electron chi connectivity index (χ3n) is 3.34. The molecule has 1 atom stereocenters. The van der Waals surface area contributed by atoms with Crippen molar-refractivity contribution in [3.05, 3.63) is 11.7 Å². The van der Waals surface area contributed by atoms with Crippen LogP contribution in [0, 0.1) is 0 Å². The van der Waals surface area contributed by atoms with Gasteiger partial charge in [-0.3, -0.25) is 4.90 Å². The summed E-state index contributed by atoms with van der Waals surface area (Å²) in [5.41, 5.74) is -0.224. The average Bonchev–Trinajstić information content (AvgIpc) is 2.75. The van der Waals surface area contributed by atoms with Crippen LogP contribution in [0.25, 0.3) is 0 Å². The Kier molecular flexibility index (Phi) is 5.77. The predicted octanol–water partition coefficient (Wildman–Crippen LogP) is 2.75. The zero-order valence-corrected chi connectivity index (χ0v) is 14.2. The highest BCUT2D eigenvalue weighted by atomic mass is 32.2. The van der Waals surface area contributed by atoms with Gasteiger partial charge in [-0.1, -0.05) is 19.0 Å². The zero-order chi connectivity index (χ0) is 14.6. The van der Waals surface area contributed by atoms with E-state index in [9.17, 15) is 0 Å². The van der Waals surface area contributed by atoms with E-state index in [1.807, 2.05) is 23.5 Å². The summed E-state index contributed by atoms with van der Waals surface area (Å²) in [6.07, 6.45) is 0. The topological polar surface area (TPSA) is 51.4 Å². The predicted molar refractivity (Wildman–Crippen MR) is 84.1 cm³/mol. The molecule has 114 valence electrons. The maximum absolute atomic E-state index is 5.48. The van der Waals surface area contributed by atoms with Gasteiger partial charge in [-0.05, 0) is 6.92 Å². The number of aromatic nitrogens is 2. The van der Waals surface area contributed by atoms with Crippen LogP contribution in [-0.4, -0.2) is 52.0 Å². The smallest absolute Gasteiger partial charge is 0.243 e. The quantitative estimate of drug-likeness (QED) is 0.827. The molecule has 0 amide bonds. The van der Waals surface area contributed by atoms with E-state index >= 15 is 0 Å². The monoisotopic (exact) mass is 317 g/mol. The van der Waals surface area contributed by atoms with Gasteiger partial charge < -0.3 is 9.26 Å². The fourth-order valence-corrected chi connectivity index (χ4v) is 4.42. The van der Waals surface area contributed by atoms with E-state index in [1.54, 1.807) is 7.11 Å². The van der Waals surface area contributed by atoms with E-state index in [1.165, 1.54) is 11.5 Å². The molecule has 5 nitrogen and oxygen atoms in total. The lowest BCUT2D eigenvalue weighted by Gasteiger charge is -2.23. The van der Waals surface area contributed by atoms with Gasteiger partial charge in [-0.15, -0.1) is 23.5 Å². The first kappa shape index (κ1) is 16.1. The minimum atomic E-state index is -0.224. The Morgan fingerprint density at radius 1 is 1.35 bits per heavy atom. The van der Waals surface area contributed by atoms with Gasteiger partial charge in [-0.2, -0.15) is 4.98 Å². The van der Waals surface area contributed by atoms with E-state index in [-0.39, 0.29) is 11.5 Å². The largest absolute Gasteiger partial charge is 0.384 e. The molecular formula is C13H23N3O2S2. The standard InChI is InChI=1S/C13H23N3O2S2/c1-10(16-8-19-5-6-20-9-16)11-14-12(15-18-11)13(2,3)7-17-4/h10H,5-9H2,1-4H3. The molecule has 1 saturated heterocycles. The Morgan fingerprint density at radius 3 is 2.60 bits per heavy atom. The van der Waals surface area contributed by atoms with E-state index in [0.717, 1.165) is 17.6 Å². The summed E-state index contributed by atoms with van der Waals surface area (Å²) in [5.74, 6) is 5.89. The first-order valence-electron chi connectivity index (χ1n) is 6.77. The molecule has 0 spiro atoms. The number of ether oxygens (including phenoxy) is 1. The van der Waals surface area contributed by atoms with E-state index < -0.39 is 0 Å². The van der Waals surface area contributed by atoms with Crippen molar-refractivity contribution in [1.29, 1.82) is 0 Å². The van der Waals surface area contributed by atoms with Gasteiger partial charge in [0.15, 0.2) is 5.82 Å². The second kappa shape index (κ2) is 7.15. The first-order valence-corrected chi connectivity index (χ1v) is 9.08. The lowest BCUT2D eigenvalue weighted by atomic mass is 9.94. The van der Waals surface area contributed by atoms with Crippen LogP contribution in [0.15, 0.2) is 4.52 Å². The molecule has 1 aliphatic rings. The highest BCUT2D eigenvalue weighted by molar-refractivity contribution is 8.03. The second-order valence-electron chi connectivity index (χ2n) is 5.61. The molecule has 0 bridgehead atoms. The molecule has 0 radical (unpaired) electrons. The summed E-state index contributed by atoms with van der Waals surface area (Å²) in [6.45, 7) is 6.84. The molecule has 0 saturated carbocycles. The van der Waals surface area contributed by atoms with Crippen LogP contribution in [0.3, 0.4) is 0 Å². The number of rotatable bonds is 5. The van der Waals surface area contributed by atoms with Gasteiger partial charge in [0.2, 0.25) is 5.89 Å². The van der Waals surface area contributed by atoms with Crippen LogP contribution < -0.4 is 0 Å². The minimum absolute atomic E-state index is 0.160. The Labute approximate surface area is 129 Å². The van der Waals surface area contributed by atoms with Gasteiger partial charge >= 0.3 is 0 Å². The van der Waals surface area contributed by atoms with Crippen LogP contribution in [0.4, 0.5) is 0 Å². The van der Waals surface area contributed by atoms with Crippen LogP contribution in [0.2, 0.25) is 0 Å². The van der Waals surface area contributed by atoms with Crippen molar-refractivity contribution in [3.63, 3.8) is 0 Å². The number of thioether (sulfide) groups is 2. The van der Waals surface area contributed by atoms with Crippen molar-refractivity contribution in [2.24, 2.45) is 0 Å². The second-order valence-corrected chi connectivity index (χ2v) is 7.76. The molecule has 1 aromatic heterocycles. The molecule has 1 unspecified atom stereocenters. The zero-order valence-electron chi connectivity index (χ0n) is 12.6. The third-order valence-corrected chi connectivity index (χ3v) is 5.62. The van der Waals surface area contributed by atoms with Gasteiger partial charge in [0.1, 0.15) is 0 Å². The molecule has 0 N–H and O–H groups in total. The Hall–Kier alpha value is -0.240. The van der Waals surface area contributed by atoms with E-state index in [4.69, 9.17) is 9.26 Å². The van der Waals surface area contributed by atoms with Crippen molar-refractivity contribution in [2.45, 2.75) is 32.2 Å². The van der Waals surface area contributed by atoms with Crippen LogP contribution in [0.5, 0.6) is 0 Å². The fraction of sp³-hybridized carbons (Fsp3) is 0.846. The summed E-state index contributed by atoms with van der Waals surface area (Å²) in [6, 6.07) is 0.160. The van der Waals surface area contributed by atoms with Crippen LogP contribution in [0.1, 0.15) is 38.5 Å². The lowest BCUT2D eigenvalue weighted by molar-refractivity contribution is 0.140. The molecule has 0 aromatic carbocycles. The van der Waals surface area contributed by atoms with Gasteiger partial charge in [0, 0.05) is 30.4 Å². The highest BCUT2D eigenvalue weighted by Gasteiger charge is 2.29. The Morgan fingerprint density at radius 2 is 2.00 bits per heavy atom. The van der Waals surface area contributed by atoms with Gasteiger partial charge in [-0.25, -0.2) is 0 Å². The molecule has 2 rings (SSSR count). The SMILES string of the molecule is COCC(C)(C)c1noc(C(C)N2CSCCSC2)n1. The number of methoxy groups -OCH3 is 1. The lowest BCUT2D eigenvalue weighted by Crippen LogP contribution is -2.27. The van der Waals surface area contributed by atoms with Gasteiger partial charge in [0.05, 0.1) is 18.1 Å². The summed E-state index contributed by atoms with van der Waals surface area (Å²) in [7, 11) is 1.69. The molecule has 1 aliphatic heterocycles. The minimum Gasteiger partial charge on any atom is -0.384 e. The highest BCUT2D eigenvalue weighted by Crippen LogP contribution is 2.28. The van der Waals surface area contributed by atoms with Crippen molar-refractivity contribution in [3.8, 4) is 0 Å². The molecule has 7 heteroatoms. The average molecular weight is 317 g/mol. The summed E-state index contributed by atoms with van der Waals surface area (Å²) < 4.78 is 10.7. The van der Waals surface area contributed by atoms with Crippen molar-refractivity contribution >= 4 is 23.5 Å². The Balaban J connectivity index is 2.07. The maximum atomic E-state index is 5.48. The fourth-order valence-electron chi connectivity index (χ4n) is 2.00. The normalized spacial score (nSPS) is 19.8. The van der Waals surface area contributed by atoms with Crippen LogP contribution >= 0.6 is 23.5 Å². The maximum Gasteiger partial charge on any atom is 0.243 e. The first-order chi connectivity index (χ1) is 9.54. The van der Waals surface area contributed by atoms with Crippen molar-refractivity contribution < 1.29 is 9.26 Å². The summed E-state index contributed by atoms with van der Waals surface area (Å²) in [5, 5.41) is 4.14. The molecule has 2 heterocycles. The number of hydrogen-bond donors (Lipinski definition) is 0. The van der Waals surface area contributed by atoms with Crippen molar-refractivity contribution in [1.82, 2.24) is 15.0 Å². The summed E-state index contributed by atoms with van der Waals surface area (Å²) in [4.78, 5) is 6.97. The summed E-state index contributed by atoms with van der Waals surface area (Å²) >= 11 is 3.93. The Bertz CT molecular complexity index is 418. The third kappa shape index (κ3) is 3.90. The number of hydrogen-bond acceptors (Lipinski definition) is 7. The number of nitrogens with zero attached hydrogens (tertiary/aromatic N) is 3. The molecule has 20 heavy (non-hydrogen) atoms. The van der Waals surface area contributed by atoms with Crippen LogP contribution in [-0.2, 0) is 10.2 Å². The molecule has 1 aromatic rings. The van der Waals surface area contributed by atoms with Gasteiger partial charge in [0.25, 0.3) is 0 Å². The molecular weight excluding hydrogens is 294 g/mol.